The second-order valence-electron chi connectivity index (χ2n) is 5.57. The zero-order valence-corrected chi connectivity index (χ0v) is 13.6. The second kappa shape index (κ2) is 6.81. The lowest BCUT2D eigenvalue weighted by Crippen LogP contribution is -2.34. The van der Waals surface area contributed by atoms with Crippen molar-refractivity contribution in [3.05, 3.63) is 35.0 Å². The highest BCUT2D eigenvalue weighted by Crippen LogP contribution is 2.31. The number of benzene rings is 1. The number of carbonyl (C=O) groups is 3. The van der Waals surface area contributed by atoms with Gasteiger partial charge in [0.15, 0.2) is 0 Å². The Bertz CT molecular complexity index is 774. The fourth-order valence-electron chi connectivity index (χ4n) is 2.82. The van der Waals surface area contributed by atoms with Crippen LogP contribution in [0.4, 0.5) is 16.2 Å². The quantitative estimate of drug-likeness (QED) is 0.557. The Balaban J connectivity index is 1.96. The van der Waals surface area contributed by atoms with E-state index in [0.717, 1.165) is 5.56 Å². The molecule has 0 fully saturated rings. The van der Waals surface area contributed by atoms with Crippen LogP contribution in [-0.2, 0) is 20.9 Å². The third-order valence-electron chi connectivity index (χ3n) is 4.04. The predicted molar refractivity (Wildman–Crippen MR) is 88.6 cm³/mol. The Morgan fingerprint density at radius 1 is 1.40 bits per heavy atom. The minimum absolute atomic E-state index is 0.0529. The standard InChI is InChI=1S/C16H18N4O5/c1-25-15(23)10-8-20(5-6-21)14(22)13(10)18-11-4-2-3-9-7-17-16(24)19-12(9)11/h2-4,18,21H,5-8H2,1H3,(H2,17,19,24). The maximum absolute atomic E-state index is 12.5. The van der Waals surface area contributed by atoms with E-state index in [9.17, 15) is 14.4 Å². The SMILES string of the molecule is COC(=O)C1=C(Nc2cccc3c2NC(=O)NC3)C(=O)N(CCO)C1. The van der Waals surface area contributed by atoms with Gasteiger partial charge >= 0.3 is 12.0 Å². The number of hydrogen-bond donors (Lipinski definition) is 4. The average molecular weight is 346 g/mol. The Hall–Kier alpha value is -3.07. The number of nitrogens with zero attached hydrogens (tertiary/aromatic N) is 1. The molecule has 0 aromatic heterocycles. The van der Waals surface area contributed by atoms with E-state index in [1.165, 1.54) is 12.0 Å². The molecule has 0 bridgehead atoms. The van der Waals surface area contributed by atoms with Crippen molar-refractivity contribution in [1.82, 2.24) is 10.2 Å². The number of urea groups is 1. The van der Waals surface area contributed by atoms with E-state index < -0.39 is 11.9 Å². The number of amides is 3. The Morgan fingerprint density at radius 3 is 2.92 bits per heavy atom. The molecule has 3 rings (SSSR count). The molecule has 0 saturated carbocycles. The smallest absolute Gasteiger partial charge is 0.337 e. The van der Waals surface area contributed by atoms with Gasteiger partial charge in [-0.3, -0.25) is 4.79 Å². The first-order valence-corrected chi connectivity index (χ1v) is 7.70. The molecule has 0 aliphatic carbocycles. The summed E-state index contributed by atoms with van der Waals surface area (Å²) in [5, 5.41) is 17.4. The van der Waals surface area contributed by atoms with Gasteiger partial charge in [0.1, 0.15) is 5.70 Å². The zero-order chi connectivity index (χ0) is 18.0. The lowest BCUT2D eigenvalue weighted by Gasteiger charge is -2.22. The first kappa shape index (κ1) is 16.8. The van der Waals surface area contributed by atoms with Crippen LogP contribution in [-0.4, -0.2) is 54.7 Å². The summed E-state index contributed by atoms with van der Waals surface area (Å²) in [6.45, 7) is 0.315. The largest absolute Gasteiger partial charge is 0.466 e. The van der Waals surface area contributed by atoms with Crippen LogP contribution in [0.1, 0.15) is 5.56 Å². The van der Waals surface area contributed by atoms with Crippen molar-refractivity contribution >= 4 is 29.3 Å². The van der Waals surface area contributed by atoms with Gasteiger partial charge in [0, 0.05) is 13.1 Å². The van der Waals surface area contributed by atoms with Gasteiger partial charge in [0.25, 0.3) is 5.91 Å². The molecule has 2 heterocycles. The van der Waals surface area contributed by atoms with Crippen molar-refractivity contribution in [3.63, 3.8) is 0 Å². The summed E-state index contributed by atoms with van der Waals surface area (Å²) >= 11 is 0. The molecule has 0 atom stereocenters. The number of esters is 1. The number of hydrogen-bond acceptors (Lipinski definition) is 6. The molecule has 0 radical (unpaired) electrons. The maximum Gasteiger partial charge on any atom is 0.337 e. The Morgan fingerprint density at radius 2 is 2.20 bits per heavy atom. The first-order chi connectivity index (χ1) is 12.0. The highest BCUT2D eigenvalue weighted by atomic mass is 16.5. The van der Waals surface area contributed by atoms with Gasteiger partial charge in [0.2, 0.25) is 0 Å². The summed E-state index contributed by atoms with van der Waals surface area (Å²) < 4.78 is 4.75. The summed E-state index contributed by atoms with van der Waals surface area (Å²) in [6, 6.07) is 4.98. The van der Waals surface area contributed by atoms with Gasteiger partial charge in [0.05, 0.1) is 37.2 Å². The van der Waals surface area contributed by atoms with Gasteiger partial charge in [-0.15, -0.1) is 0 Å². The number of aliphatic hydroxyl groups excluding tert-OH is 1. The normalized spacial score (nSPS) is 16.3. The van der Waals surface area contributed by atoms with Crippen molar-refractivity contribution in [1.29, 1.82) is 0 Å². The lowest BCUT2D eigenvalue weighted by atomic mass is 10.1. The Labute approximate surface area is 143 Å². The molecular formula is C16H18N4O5. The number of fused-ring (bicyclic) bond motifs is 1. The predicted octanol–water partition coefficient (Wildman–Crippen LogP) is -0.00480. The first-order valence-electron chi connectivity index (χ1n) is 7.70. The highest BCUT2D eigenvalue weighted by Gasteiger charge is 2.35. The number of para-hydroxylation sites is 1. The van der Waals surface area contributed by atoms with E-state index in [2.05, 4.69) is 16.0 Å². The molecule has 25 heavy (non-hydrogen) atoms. The summed E-state index contributed by atoms with van der Waals surface area (Å²) in [6.07, 6.45) is 0. The van der Waals surface area contributed by atoms with Gasteiger partial charge in [-0.25, -0.2) is 9.59 Å². The van der Waals surface area contributed by atoms with Crippen molar-refractivity contribution in [2.24, 2.45) is 0 Å². The van der Waals surface area contributed by atoms with Crippen LogP contribution in [0.3, 0.4) is 0 Å². The molecule has 9 nitrogen and oxygen atoms in total. The fourth-order valence-corrected chi connectivity index (χ4v) is 2.82. The lowest BCUT2D eigenvalue weighted by molar-refractivity contribution is -0.136. The third kappa shape index (κ3) is 3.13. The van der Waals surface area contributed by atoms with Gasteiger partial charge in [-0.05, 0) is 11.6 Å². The van der Waals surface area contributed by atoms with Crippen LogP contribution >= 0.6 is 0 Å². The Kier molecular flexibility index (Phi) is 4.57. The summed E-state index contributed by atoms with van der Waals surface area (Å²) in [4.78, 5) is 37.5. The van der Waals surface area contributed by atoms with E-state index in [-0.39, 0.29) is 37.0 Å². The number of aliphatic hydroxyl groups is 1. The summed E-state index contributed by atoms with van der Waals surface area (Å²) in [5.41, 5.74) is 2.17. The molecule has 0 saturated heterocycles. The van der Waals surface area contributed by atoms with E-state index in [0.29, 0.717) is 17.9 Å². The molecule has 1 aromatic rings. The van der Waals surface area contributed by atoms with Gasteiger partial charge < -0.3 is 30.7 Å². The van der Waals surface area contributed by atoms with Crippen LogP contribution in [0.15, 0.2) is 29.5 Å². The third-order valence-corrected chi connectivity index (χ3v) is 4.04. The van der Waals surface area contributed by atoms with Crippen molar-refractivity contribution in [2.45, 2.75) is 6.54 Å². The molecule has 4 N–H and O–H groups in total. The summed E-state index contributed by atoms with van der Waals surface area (Å²) in [7, 11) is 1.24. The number of β-amino-alcohol motifs (C(OH)–C–C–N with tert-alkyl or cyclic N) is 1. The minimum atomic E-state index is -0.619. The van der Waals surface area contributed by atoms with Crippen LogP contribution in [0.2, 0.25) is 0 Å². The summed E-state index contributed by atoms with van der Waals surface area (Å²) in [5.74, 6) is -1.03. The number of ether oxygens (including phenoxy) is 1. The van der Waals surface area contributed by atoms with Crippen molar-refractivity contribution in [2.75, 3.05) is 37.4 Å². The number of carbonyl (C=O) groups excluding carboxylic acids is 3. The van der Waals surface area contributed by atoms with E-state index in [1.807, 2.05) is 6.07 Å². The van der Waals surface area contributed by atoms with Crippen molar-refractivity contribution in [3.8, 4) is 0 Å². The molecule has 9 heteroatoms. The zero-order valence-electron chi connectivity index (χ0n) is 13.6. The van der Waals surface area contributed by atoms with Crippen LogP contribution in [0.25, 0.3) is 0 Å². The van der Waals surface area contributed by atoms with E-state index in [1.54, 1.807) is 12.1 Å². The number of rotatable bonds is 5. The van der Waals surface area contributed by atoms with Crippen molar-refractivity contribution < 1.29 is 24.2 Å². The number of anilines is 2. The van der Waals surface area contributed by atoms with E-state index in [4.69, 9.17) is 9.84 Å². The molecule has 0 unspecified atom stereocenters. The van der Waals surface area contributed by atoms with Crippen LogP contribution in [0, 0.1) is 0 Å². The number of methoxy groups -OCH3 is 1. The molecule has 132 valence electrons. The molecule has 2 aliphatic heterocycles. The van der Waals surface area contributed by atoms with Crippen LogP contribution < -0.4 is 16.0 Å². The molecule has 3 amide bonds. The second-order valence-corrected chi connectivity index (χ2v) is 5.57. The monoisotopic (exact) mass is 346 g/mol. The van der Waals surface area contributed by atoms with Gasteiger partial charge in [-0.1, -0.05) is 12.1 Å². The van der Waals surface area contributed by atoms with Gasteiger partial charge in [-0.2, -0.15) is 0 Å². The molecule has 1 aromatic carbocycles. The minimum Gasteiger partial charge on any atom is -0.466 e. The number of nitrogens with one attached hydrogen (secondary N) is 3. The molecule has 2 aliphatic rings. The van der Waals surface area contributed by atoms with Crippen LogP contribution in [0.5, 0.6) is 0 Å². The average Bonchev–Trinajstić information content (AvgIpc) is 2.91. The molecular weight excluding hydrogens is 328 g/mol. The fraction of sp³-hybridized carbons (Fsp3) is 0.312. The van der Waals surface area contributed by atoms with E-state index >= 15 is 0 Å². The highest BCUT2D eigenvalue weighted by molar-refractivity contribution is 6.09. The molecule has 0 spiro atoms. The maximum atomic E-state index is 12.5. The topological polar surface area (TPSA) is 120 Å².